The Kier molecular flexibility index (Phi) is 4.35. The fraction of sp³-hybridized carbons (Fsp3) is 0.167. The van der Waals surface area contributed by atoms with E-state index in [4.69, 9.17) is 0 Å². The van der Waals surface area contributed by atoms with Crippen LogP contribution in [0.5, 0.6) is 0 Å². The number of hydrogen-bond acceptors (Lipinski definition) is 2. The molecule has 0 radical (unpaired) electrons. The molecule has 14 heavy (non-hydrogen) atoms. The van der Waals surface area contributed by atoms with Gasteiger partial charge in [-0.25, -0.2) is 9.97 Å². The fourth-order valence-corrected chi connectivity index (χ4v) is 0.908. The van der Waals surface area contributed by atoms with Crippen molar-refractivity contribution in [2.45, 2.75) is 13.8 Å². The standard InChI is InChI=1S/C7H8.C5H6N2/c1-7-5-3-2-4-6-7;1-5-6-3-2-4-7-5/h2-6H,1H3;2-4H,1H3. The minimum atomic E-state index is 0.822. The summed E-state index contributed by atoms with van der Waals surface area (Å²) in [4.78, 5) is 7.74. The Labute approximate surface area is 84.7 Å². The first-order chi connectivity index (χ1) is 6.79. The molecule has 0 unspecified atom stereocenters. The number of aromatic nitrogens is 2. The number of benzene rings is 1. The van der Waals surface area contributed by atoms with E-state index >= 15 is 0 Å². The summed E-state index contributed by atoms with van der Waals surface area (Å²) in [5.41, 5.74) is 1.32. The van der Waals surface area contributed by atoms with E-state index in [1.54, 1.807) is 18.5 Å². The number of aryl methyl sites for hydroxylation is 2. The molecule has 1 aromatic carbocycles. The van der Waals surface area contributed by atoms with Gasteiger partial charge in [0, 0.05) is 12.4 Å². The smallest absolute Gasteiger partial charge is 0.125 e. The average Bonchev–Trinajstić information content (AvgIpc) is 2.21. The zero-order valence-electron chi connectivity index (χ0n) is 8.51. The van der Waals surface area contributed by atoms with Crippen molar-refractivity contribution in [1.82, 2.24) is 9.97 Å². The van der Waals surface area contributed by atoms with E-state index < -0.39 is 0 Å². The van der Waals surface area contributed by atoms with E-state index in [9.17, 15) is 0 Å². The zero-order chi connectivity index (χ0) is 10.2. The highest BCUT2D eigenvalue weighted by Crippen LogP contribution is 1.92. The Hall–Kier alpha value is -1.70. The SMILES string of the molecule is Cc1ccccc1.Cc1ncccn1. The second kappa shape index (κ2) is 5.86. The van der Waals surface area contributed by atoms with Crippen molar-refractivity contribution in [3.63, 3.8) is 0 Å². The summed E-state index contributed by atoms with van der Waals surface area (Å²) in [5, 5.41) is 0. The van der Waals surface area contributed by atoms with Crippen molar-refractivity contribution in [1.29, 1.82) is 0 Å². The molecule has 2 rings (SSSR count). The molecule has 2 heteroatoms. The third kappa shape index (κ3) is 4.36. The van der Waals surface area contributed by atoms with E-state index in [1.165, 1.54) is 5.56 Å². The van der Waals surface area contributed by atoms with Gasteiger partial charge in [0.2, 0.25) is 0 Å². The number of nitrogens with zero attached hydrogens (tertiary/aromatic N) is 2. The molecule has 0 saturated carbocycles. The Bertz CT molecular complexity index is 306. The summed E-state index contributed by atoms with van der Waals surface area (Å²) in [7, 11) is 0. The monoisotopic (exact) mass is 186 g/mol. The Balaban J connectivity index is 0.000000140. The summed E-state index contributed by atoms with van der Waals surface area (Å²) in [6.45, 7) is 3.94. The van der Waals surface area contributed by atoms with Gasteiger partial charge in [-0.2, -0.15) is 0 Å². The van der Waals surface area contributed by atoms with Gasteiger partial charge in [-0.15, -0.1) is 0 Å². The molecule has 0 atom stereocenters. The van der Waals surface area contributed by atoms with E-state index in [1.807, 2.05) is 25.1 Å². The highest BCUT2D eigenvalue weighted by molar-refractivity contribution is 5.11. The van der Waals surface area contributed by atoms with Crippen LogP contribution in [0, 0.1) is 13.8 Å². The largest absolute Gasteiger partial charge is 0.242 e. The minimum absolute atomic E-state index is 0.822. The summed E-state index contributed by atoms with van der Waals surface area (Å²) in [6.07, 6.45) is 3.45. The van der Waals surface area contributed by atoms with Crippen LogP contribution in [0.15, 0.2) is 48.8 Å². The van der Waals surface area contributed by atoms with E-state index in [2.05, 4.69) is 29.0 Å². The first-order valence-electron chi connectivity index (χ1n) is 4.54. The first kappa shape index (κ1) is 10.4. The van der Waals surface area contributed by atoms with Crippen molar-refractivity contribution in [3.8, 4) is 0 Å². The number of rotatable bonds is 0. The molecule has 0 bridgehead atoms. The maximum absolute atomic E-state index is 3.87. The molecule has 2 aromatic rings. The summed E-state index contributed by atoms with van der Waals surface area (Å²) < 4.78 is 0. The highest BCUT2D eigenvalue weighted by atomic mass is 14.8. The molecule has 1 heterocycles. The Morgan fingerprint density at radius 1 is 0.786 bits per heavy atom. The molecule has 0 saturated heterocycles. The molecule has 72 valence electrons. The molecule has 0 amide bonds. The maximum atomic E-state index is 3.87. The van der Waals surface area contributed by atoms with Crippen LogP contribution in [0.1, 0.15) is 11.4 Å². The summed E-state index contributed by atoms with van der Waals surface area (Å²) in [6, 6.07) is 12.1. The lowest BCUT2D eigenvalue weighted by atomic mass is 10.2. The van der Waals surface area contributed by atoms with Crippen molar-refractivity contribution in [2.24, 2.45) is 0 Å². The van der Waals surface area contributed by atoms with Gasteiger partial charge in [-0.3, -0.25) is 0 Å². The second-order valence-electron chi connectivity index (χ2n) is 2.95. The molecular weight excluding hydrogens is 172 g/mol. The summed E-state index contributed by atoms with van der Waals surface area (Å²) in [5.74, 6) is 0.822. The third-order valence-electron chi connectivity index (χ3n) is 1.64. The molecule has 1 aromatic heterocycles. The average molecular weight is 186 g/mol. The predicted molar refractivity (Wildman–Crippen MR) is 57.9 cm³/mol. The molecular formula is C12H14N2. The normalized spacial score (nSPS) is 8.71. The van der Waals surface area contributed by atoms with Crippen LogP contribution < -0.4 is 0 Å². The van der Waals surface area contributed by atoms with Crippen LogP contribution in [0.25, 0.3) is 0 Å². The zero-order valence-corrected chi connectivity index (χ0v) is 8.51. The Morgan fingerprint density at radius 3 is 1.64 bits per heavy atom. The second-order valence-corrected chi connectivity index (χ2v) is 2.95. The van der Waals surface area contributed by atoms with Gasteiger partial charge < -0.3 is 0 Å². The molecule has 0 aliphatic rings. The molecule has 0 aliphatic heterocycles. The van der Waals surface area contributed by atoms with E-state index in [0.717, 1.165) is 5.82 Å². The maximum Gasteiger partial charge on any atom is 0.125 e. The first-order valence-corrected chi connectivity index (χ1v) is 4.54. The fourth-order valence-electron chi connectivity index (χ4n) is 0.908. The van der Waals surface area contributed by atoms with Gasteiger partial charge >= 0.3 is 0 Å². The lowest BCUT2D eigenvalue weighted by molar-refractivity contribution is 1.05. The van der Waals surface area contributed by atoms with Gasteiger partial charge in [-0.1, -0.05) is 35.9 Å². The molecule has 2 nitrogen and oxygen atoms in total. The molecule has 0 aliphatic carbocycles. The topological polar surface area (TPSA) is 25.8 Å². The van der Waals surface area contributed by atoms with Crippen molar-refractivity contribution in [2.75, 3.05) is 0 Å². The predicted octanol–water partition coefficient (Wildman–Crippen LogP) is 2.78. The van der Waals surface area contributed by atoms with Crippen LogP contribution in [0.2, 0.25) is 0 Å². The van der Waals surface area contributed by atoms with Crippen LogP contribution in [0.4, 0.5) is 0 Å². The molecule has 0 fully saturated rings. The highest BCUT2D eigenvalue weighted by Gasteiger charge is 1.74. The van der Waals surface area contributed by atoms with Gasteiger partial charge in [-0.05, 0) is 19.9 Å². The lowest BCUT2D eigenvalue weighted by Gasteiger charge is -1.82. The van der Waals surface area contributed by atoms with Gasteiger partial charge in [0.25, 0.3) is 0 Å². The molecule has 0 N–H and O–H groups in total. The van der Waals surface area contributed by atoms with Crippen molar-refractivity contribution >= 4 is 0 Å². The van der Waals surface area contributed by atoms with Crippen LogP contribution in [0.3, 0.4) is 0 Å². The van der Waals surface area contributed by atoms with Gasteiger partial charge in [0.05, 0.1) is 0 Å². The summed E-state index contributed by atoms with van der Waals surface area (Å²) >= 11 is 0. The minimum Gasteiger partial charge on any atom is -0.242 e. The third-order valence-corrected chi connectivity index (χ3v) is 1.64. The number of hydrogen-bond donors (Lipinski definition) is 0. The van der Waals surface area contributed by atoms with E-state index in [-0.39, 0.29) is 0 Å². The van der Waals surface area contributed by atoms with Crippen molar-refractivity contribution < 1.29 is 0 Å². The molecule has 0 spiro atoms. The quantitative estimate of drug-likeness (QED) is 0.632. The Morgan fingerprint density at radius 2 is 1.36 bits per heavy atom. The van der Waals surface area contributed by atoms with Gasteiger partial charge in [0.1, 0.15) is 5.82 Å². The van der Waals surface area contributed by atoms with Gasteiger partial charge in [0.15, 0.2) is 0 Å². The van der Waals surface area contributed by atoms with Crippen molar-refractivity contribution in [3.05, 3.63) is 60.2 Å². The van der Waals surface area contributed by atoms with Crippen LogP contribution in [-0.4, -0.2) is 9.97 Å². The van der Waals surface area contributed by atoms with Crippen LogP contribution in [-0.2, 0) is 0 Å². The van der Waals surface area contributed by atoms with E-state index in [0.29, 0.717) is 0 Å². The lowest BCUT2D eigenvalue weighted by Crippen LogP contribution is -1.80. The van der Waals surface area contributed by atoms with Crippen LogP contribution >= 0.6 is 0 Å².